The number of hydrogen-bond donors (Lipinski definition) is 1. The molecule has 11 heteroatoms. The van der Waals surface area contributed by atoms with E-state index >= 15 is 0 Å². The average Bonchev–Trinajstić information content (AvgIpc) is 2.95. The molecule has 2 aromatic heterocycles. The molecule has 0 amide bonds. The van der Waals surface area contributed by atoms with E-state index < -0.39 is 20.6 Å². The second kappa shape index (κ2) is 5.62. The molecular formula is C10H11ClN4O4S2. The van der Waals surface area contributed by atoms with Crippen LogP contribution < -0.4 is 4.72 Å². The Hall–Kier alpha value is -1.65. The predicted octanol–water partition coefficient (Wildman–Crippen LogP) is 2.89. The van der Waals surface area contributed by atoms with Crippen molar-refractivity contribution in [3.8, 4) is 0 Å². The Labute approximate surface area is 129 Å². The maximum absolute atomic E-state index is 12.2. The van der Waals surface area contributed by atoms with E-state index in [1.165, 1.54) is 16.9 Å². The topological polar surface area (TPSA) is 107 Å². The maximum Gasteiger partial charge on any atom is 0.300 e. The van der Waals surface area contributed by atoms with E-state index in [4.69, 9.17) is 11.6 Å². The Morgan fingerprint density at radius 1 is 1.52 bits per heavy atom. The van der Waals surface area contributed by atoms with Crippen LogP contribution in [0, 0.1) is 10.1 Å². The lowest BCUT2D eigenvalue weighted by molar-refractivity contribution is -0.384. The van der Waals surface area contributed by atoms with Gasteiger partial charge in [-0.3, -0.25) is 14.8 Å². The van der Waals surface area contributed by atoms with Crippen molar-refractivity contribution in [1.82, 2.24) is 9.78 Å². The zero-order valence-corrected chi connectivity index (χ0v) is 13.4. The highest BCUT2D eigenvalue weighted by molar-refractivity contribution is 7.94. The van der Waals surface area contributed by atoms with E-state index in [1.54, 1.807) is 0 Å². The molecule has 8 nitrogen and oxygen atoms in total. The fourth-order valence-electron chi connectivity index (χ4n) is 1.59. The van der Waals surface area contributed by atoms with E-state index in [0.717, 1.165) is 6.07 Å². The van der Waals surface area contributed by atoms with Gasteiger partial charge in [-0.05, 0) is 13.8 Å². The minimum absolute atomic E-state index is 0.0426. The molecule has 2 heterocycles. The predicted molar refractivity (Wildman–Crippen MR) is 79.4 cm³/mol. The van der Waals surface area contributed by atoms with E-state index in [-0.39, 0.29) is 20.4 Å². The fraction of sp³-hybridized carbons (Fsp3) is 0.300. The molecule has 0 aliphatic heterocycles. The summed E-state index contributed by atoms with van der Waals surface area (Å²) in [7, 11) is -3.96. The molecule has 114 valence electrons. The van der Waals surface area contributed by atoms with Crippen molar-refractivity contribution in [1.29, 1.82) is 0 Å². The SMILES string of the molecule is CC(C)n1nccc1NS(=O)(=O)c1cc([N+](=O)[O-])c(Cl)s1. The molecule has 0 aliphatic rings. The largest absolute Gasteiger partial charge is 0.300 e. The molecule has 2 rings (SSSR count). The summed E-state index contributed by atoms with van der Waals surface area (Å²) in [6.45, 7) is 3.69. The molecule has 0 saturated carbocycles. The molecule has 0 aromatic carbocycles. The number of hydrogen-bond acceptors (Lipinski definition) is 6. The molecule has 0 spiro atoms. The smallest absolute Gasteiger partial charge is 0.263 e. The standard InChI is InChI=1S/C10H11ClN4O4S2/c1-6(2)14-8(3-4-12-14)13-21(18,19)9-5-7(15(16)17)10(11)20-9/h3-6,13H,1-2H3. The number of sulfonamides is 1. The normalized spacial score (nSPS) is 11.8. The van der Waals surface area contributed by atoms with Gasteiger partial charge in [-0.2, -0.15) is 5.10 Å². The van der Waals surface area contributed by atoms with Gasteiger partial charge >= 0.3 is 0 Å². The van der Waals surface area contributed by atoms with Crippen molar-refractivity contribution in [2.75, 3.05) is 4.72 Å². The van der Waals surface area contributed by atoms with E-state index in [0.29, 0.717) is 11.3 Å². The summed E-state index contributed by atoms with van der Waals surface area (Å²) in [5.41, 5.74) is -0.431. The fourth-order valence-corrected chi connectivity index (χ4v) is 4.30. The molecule has 0 radical (unpaired) electrons. The summed E-state index contributed by atoms with van der Waals surface area (Å²) >= 11 is 6.31. The highest BCUT2D eigenvalue weighted by atomic mass is 35.5. The molecule has 0 fully saturated rings. The molecule has 21 heavy (non-hydrogen) atoms. The van der Waals surface area contributed by atoms with Crippen molar-refractivity contribution < 1.29 is 13.3 Å². The Balaban J connectivity index is 2.37. The summed E-state index contributed by atoms with van der Waals surface area (Å²) in [4.78, 5) is 9.99. The molecule has 0 saturated heterocycles. The molecule has 0 aliphatic carbocycles. The van der Waals surface area contributed by atoms with Gasteiger partial charge in [0.25, 0.3) is 15.7 Å². The lowest BCUT2D eigenvalue weighted by atomic mass is 10.4. The van der Waals surface area contributed by atoms with Crippen LogP contribution in [-0.4, -0.2) is 23.1 Å². The number of anilines is 1. The van der Waals surface area contributed by atoms with Gasteiger partial charge in [0.1, 0.15) is 10.0 Å². The molecular weight excluding hydrogens is 340 g/mol. The summed E-state index contributed by atoms with van der Waals surface area (Å²) in [6.07, 6.45) is 1.46. The molecule has 0 unspecified atom stereocenters. The van der Waals surface area contributed by atoms with Crippen LogP contribution >= 0.6 is 22.9 Å². The molecule has 2 aromatic rings. The second-order valence-corrected chi connectivity index (χ2v) is 7.91. The van der Waals surface area contributed by atoms with Crippen LogP contribution in [0.15, 0.2) is 22.5 Å². The highest BCUT2D eigenvalue weighted by Crippen LogP contribution is 2.36. The van der Waals surface area contributed by atoms with Gasteiger partial charge in [0.15, 0.2) is 4.34 Å². The summed E-state index contributed by atoms with van der Waals surface area (Å²) in [5, 5.41) is 14.7. The zero-order chi connectivity index (χ0) is 15.8. The Bertz CT molecular complexity index is 781. The second-order valence-electron chi connectivity index (χ2n) is 4.34. The lowest BCUT2D eigenvalue weighted by Crippen LogP contribution is -2.16. The third-order valence-corrected chi connectivity index (χ3v) is 5.67. The molecule has 0 bridgehead atoms. The number of nitro groups is 1. The monoisotopic (exact) mass is 350 g/mol. The van der Waals surface area contributed by atoms with Gasteiger partial charge in [-0.1, -0.05) is 11.6 Å². The zero-order valence-electron chi connectivity index (χ0n) is 11.0. The number of nitrogens with zero attached hydrogens (tertiary/aromatic N) is 3. The van der Waals surface area contributed by atoms with Gasteiger partial charge in [0.05, 0.1) is 11.1 Å². The minimum Gasteiger partial charge on any atom is -0.263 e. The first-order valence-electron chi connectivity index (χ1n) is 5.72. The van der Waals surface area contributed by atoms with Gasteiger partial charge in [0, 0.05) is 18.2 Å². The minimum atomic E-state index is -3.96. The Morgan fingerprint density at radius 2 is 2.19 bits per heavy atom. The van der Waals surface area contributed by atoms with Gasteiger partial charge in [0.2, 0.25) is 0 Å². The number of nitrogens with one attached hydrogen (secondary N) is 1. The lowest BCUT2D eigenvalue weighted by Gasteiger charge is -2.11. The van der Waals surface area contributed by atoms with Crippen LogP contribution in [0.4, 0.5) is 11.5 Å². The van der Waals surface area contributed by atoms with Crippen molar-refractivity contribution in [3.05, 3.63) is 32.8 Å². The van der Waals surface area contributed by atoms with Crippen LogP contribution in [0.1, 0.15) is 19.9 Å². The Morgan fingerprint density at radius 3 is 2.71 bits per heavy atom. The van der Waals surface area contributed by atoms with Crippen molar-refractivity contribution in [2.45, 2.75) is 24.1 Å². The molecule has 0 atom stereocenters. The number of rotatable bonds is 5. The van der Waals surface area contributed by atoms with Gasteiger partial charge in [-0.25, -0.2) is 13.1 Å². The van der Waals surface area contributed by atoms with Crippen LogP contribution in [0.5, 0.6) is 0 Å². The molecule has 1 N–H and O–H groups in total. The van der Waals surface area contributed by atoms with Gasteiger partial charge < -0.3 is 0 Å². The van der Waals surface area contributed by atoms with E-state index in [2.05, 4.69) is 9.82 Å². The van der Waals surface area contributed by atoms with Crippen LogP contribution in [0.25, 0.3) is 0 Å². The highest BCUT2D eigenvalue weighted by Gasteiger charge is 2.26. The summed E-state index contributed by atoms with van der Waals surface area (Å²) in [6, 6.07) is 2.39. The van der Waals surface area contributed by atoms with Crippen LogP contribution in [0.3, 0.4) is 0 Å². The van der Waals surface area contributed by atoms with Crippen molar-refractivity contribution in [3.63, 3.8) is 0 Å². The maximum atomic E-state index is 12.2. The van der Waals surface area contributed by atoms with Crippen LogP contribution in [0.2, 0.25) is 4.34 Å². The first kappa shape index (κ1) is 15.7. The number of aromatic nitrogens is 2. The Kier molecular flexibility index (Phi) is 4.21. The first-order chi connectivity index (χ1) is 9.72. The average molecular weight is 351 g/mol. The number of halogens is 1. The van der Waals surface area contributed by atoms with Crippen LogP contribution in [-0.2, 0) is 10.0 Å². The third-order valence-electron chi connectivity index (χ3n) is 2.51. The van der Waals surface area contributed by atoms with Crippen molar-refractivity contribution in [2.24, 2.45) is 0 Å². The summed E-state index contributed by atoms with van der Waals surface area (Å²) in [5.74, 6) is 0.275. The third kappa shape index (κ3) is 3.17. The first-order valence-corrected chi connectivity index (χ1v) is 8.40. The number of thiophene rings is 1. The van der Waals surface area contributed by atoms with E-state index in [9.17, 15) is 18.5 Å². The quantitative estimate of drug-likeness (QED) is 0.659. The van der Waals surface area contributed by atoms with E-state index in [1.807, 2.05) is 13.8 Å². The van der Waals surface area contributed by atoms with Crippen molar-refractivity contribution >= 4 is 44.5 Å². The van der Waals surface area contributed by atoms with Gasteiger partial charge in [-0.15, -0.1) is 11.3 Å². The summed E-state index contributed by atoms with van der Waals surface area (Å²) < 4.78 is 27.9.